The fourth-order valence-electron chi connectivity index (χ4n) is 5.57. The molecule has 10 heteroatoms. The van der Waals surface area contributed by atoms with E-state index in [4.69, 9.17) is 4.74 Å². The molecule has 0 unspecified atom stereocenters. The zero-order valence-electron chi connectivity index (χ0n) is 22.5. The number of fused-ring (bicyclic) bond motifs is 1. The van der Waals surface area contributed by atoms with Crippen molar-refractivity contribution < 1.29 is 14.3 Å². The summed E-state index contributed by atoms with van der Waals surface area (Å²) in [6.45, 7) is 3.29. The number of anilines is 1. The SMILES string of the molecule is COc1c(C)cccc1-c1cn(CC(=O)N2CCC(N3CCc4ccccc4NC3=O)CC2)c(=O)n(C)c1=O. The molecule has 39 heavy (non-hydrogen) atoms. The van der Waals surface area contributed by atoms with Crippen LogP contribution >= 0.6 is 0 Å². The fourth-order valence-corrected chi connectivity index (χ4v) is 5.57. The number of aromatic nitrogens is 2. The molecule has 0 radical (unpaired) electrons. The second-order valence-electron chi connectivity index (χ2n) is 10.1. The van der Waals surface area contributed by atoms with Crippen LogP contribution in [0, 0.1) is 6.92 Å². The Kier molecular flexibility index (Phi) is 7.28. The molecule has 0 spiro atoms. The zero-order valence-corrected chi connectivity index (χ0v) is 22.5. The first kappa shape index (κ1) is 26.3. The van der Waals surface area contributed by atoms with E-state index in [-0.39, 0.29) is 30.1 Å². The number of para-hydroxylation sites is 2. The summed E-state index contributed by atoms with van der Waals surface area (Å²) in [5.74, 6) is 0.345. The second kappa shape index (κ2) is 10.8. The number of hydrogen-bond donors (Lipinski definition) is 1. The van der Waals surface area contributed by atoms with Crippen molar-refractivity contribution in [3.8, 4) is 16.9 Å². The Balaban J connectivity index is 1.29. The Morgan fingerprint density at radius 1 is 1.00 bits per heavy atom. The number of nitrogens with zero attached hydrogens (tertiary/aromatic N) is 4. The highest BCUT2D eigenvalue weighted by Gasteiger charge is 2.31. The minimum Gasteiger partial charge on any atom is -0.496 e. The number of piperidine rings is 1. The summed E-state index contributed by atoms with van der Waals surface area (Å²) >= 11 is 0. The third-order valence-electron chi connectivity index (χ3n) is 7.76. The summed E-state index contributed by atoms with van der Waals surface area (Å²) in [4.78, 5) is 55.6. The number of amides is 3. The summed E-state index contributed by atoms with van der Waals surface area (Å²) in [5.41, 5.74) is 2.67. The van der Waals surface area contributed by atoms with Gasteiger partial charge in [0, 0.05) is 50.2 Å². The monoisotopic (exact) mass is 531 g/mol. The molecule has 2 aliphatic heterocycles. The van der Waals surface area contributed by atoms with Gasteiger partial charge in [-0.1, -0.05) is 36.4 Å². The van der Waals surface area contributed by atoms with Gasteiger partial charge in [0.1, 0.15) is 12.3 Å². The maximum absolute atomic E-state index is 13.3. The smallest absolute Gasteiger partial charge is 0.331 e. The van der Waals surface area contributed by atoms with Crippen LogP contribution in [0.3, 0.4) is 0 Å². The number of urea groups is 1. The zero-order chi connectivity index (χ0) is 27.7. The van der Waals surface area contributed by atoms with Gasteiger partial charge in [-0.15, -0.1) is 0 Å². The number of carbonyl (C=O) groups excluding carboxylic acids is 2. The number of carbonyl (C=O) groups is 2. The van der Waals surface area contributed by atoms with E-state index in [0.717, 1.165) is 27.8 Å². The van der Waals surface area contributed by atoms with Crippen molar-refractivity contribution in [3.05, 3.63) is 80.6 Å². The van der Waals surface area contributed by atoms with Crippen LogP contribution in [0.5, 0.6) is 5.75 Å². The Morgan fingerprint density at radius 3 is 2.49 bits per heavy atom. The van der Waals surface area contributed by atoms with Gasteiger partial charge in [0.2, 0.25) is 5.91 Å². The van der Waals surface area contributed by atoms with Crippen molar-refractivity contribution in [2.24, 2.45) is 7.05 Å². The highest BCUT2D eigenvalue weighted by atomic mass is 16.5. The molecule has 1 fully saturated rings. The number of nitrogens with one attached hydrogen (secondary N) is 1. The molecule has 0 atom stereocenters. The lowest BCUT2D eigenvalue weighted by molar-refractivity contribution is -0.133. The number of benzene rings is 2. The van der Waals surface area contributed by atoms with Crippen LogP contribution in [-0.4, -0.2) is 63.7 Å². The molecule has 1 N–H and O–H groups in total. The lowest BCUT2D eigenvalue weighted by atomic mass is 10.0. The van der Waals surface area contributed by atoms with Crippen LogP contribution < -0.4 is 21.3 Å². The van der Waals surface area contributed by atoms with Crippen molar-refractivity contribution in [2.45, 2.75) is 38.8 Å². The molecule has 3 heterocycles. The topological polar surface area (TPSA) is 106 Å². The largest absolute Gasteiger partial charge is 0.496 e. The van der Waals surface area contributed by atoms with E-state index in [1.165, 1.54) is 24.9 Å². The van der Waals surface area contributed by atoms with E-state index in [1.807, 2.05) is 48.2 Å². The summed E-state index contributed by atoms with van der Waals surface area (Å²) in [6, 6.07) is 13.2. The third-order valence-corrected chi connectivity index (χ3v) is 7.76. The number of rotatable bonds is 5. The maximum atomic E-state index is 13.3. The quantitative estimate of drug-likeness (QED) is 0.545. The van der Waals surface area contributed by atoms with Crippen molar-refractivity contribution >= 4 is 17.6 Å². The van der Waals surface area contributed by atoms with Gasteiger partial charge in [-0.25, -0.2) is 9.59 Å². The van der Waals surface area contributed by atoms with Gasteiger partial charge in [0.15, 0.2) is 0 Å². The molecule has 5 rings (SSSR count). The van der Waals surface area contributed by atoms with Gasteiger partial charge in [0.25, 0.3) is 5.56 Å². The molecule has 1 saturated heterocycles. The van der Waals surface area contributed by atoms with Gasteiger partial charge in [-0.3, -0.25) is 18.7 Å². The van der Waals surface area contributed by atoms with Crippen molar-refractivity contribution in [1.29, 1.82) is 0 Å². The molecule has 3 aromatic rings. The lowest BCUT2D eigenvalue weighted by Gasteiger charge is -2.38. The Labute approximate surface area is 226 Å². The van der Waals surface area contributed by atoms with Crippen LogP contribution in [0.4, 0.5) is 10.5 Å². The maximum Gasteiger partial charge on any atom is 0.331 e. The Bertz CT molecular complexity index is 1530. The first-order valence-corrected chi connectivity index (χ1v) is 13.2. The predicted molar refractivity (Wildman–Crippen MR) is 148 cm³/mol. The molecule has 0 bridgehead atoms. The minimum absolute atomic E-state index is 0.0315. The van der Waals surface area contributed by atoms with E-state index in [0.29, 0.717) is 43.8 Å². The van der Waals surface area contributed by atoms with Crippen LogP contribution in [0.25, 0.3) is 11.1 Å². The van der Waals surface area contributed by atoms with Crippen molar-refractivity contribution in [1.82, 2.24) is 18.9 Å². The lowest BCUT2D eigenvalue weighted by Crippen LogP contribution is -2.51. The van der Waals surface area contributed by atoms with E-state index < -0.39 is 11.2 Å². The van der Waals surface area contributed by atoms with Crippen LogP contribution in [0.2, 0.25) is 0 Å². The van der Waals surface area contributed by atoms with Gasteiger partial charge < -0.3 is 19.9 Å². The first-order chi connectivity index (χ1) is 18.8. The Morgan fingerprint density at radius 2 is 1.74 bits per heavy atom. The van der Waals surface area contributed by atoms with Gasteiger partial charge in [0.05, 0.1) is 12.7 Å². The molecule has 2 aromatic carbocycles. The average molecular weight is 532 g/mol. The molecular weight excluding hydrogens is 498 g/mol. The molecule has 204 valence electrons. The summed E-state index contributed by atoms with van der Waals surface area (Å²) in [6.07, 6.45) is 3.54. The number of likely N-dealkylation sites (tertiary alicyclic amines) is 1. The van der Waals surface area contributed by atoms with E-state index in [2.05, 4.69) is 5.32 Å². The van der Waals surface area contributed by atoms with Crippen molar-refractivity contribution in [3.63, 3.8) is 0 Å². The molecule has 0 aliphatic carbocycles. The number of ether oxygens (including phenoxy) is 1. The van der Waals surface area contributed by atoms with Crippen molar-refractivity contribution in [2.75, 3.05) is 32.1 Å². The highest BCUT2D eigenvalue weighted by Crippen LogP contribution is 2.30. The fraction of sp³-hybridized carbons (Fsp3) is 0.379. The van der Waals surface area contributed by atoms with Crippen LogP contribution in [0.1, 0.15) is 24.0 Å². The normalized spacial score (nSPS) is 15.9. The van der Waals surface area contributed by atoms with Crippen LogP contribution in [0.15, 0.2) is 58.3 Å². The first-order valence-electron chi connectivity index (χ1n) is 13.2. The molecule has 0 saturated carbocycles. The van der Waals surface area contributed by atoms with Gasteiger partial charge in [-0.2, -0.15) is 0 Å². The molecule has 3 amide bonds. The molecule has 2 aliphatic rings. The molecular formula is C29H33N5O5. The molecule has 1 aromatic heterocycles. The van der Waals surface area contributed by atoms with Gasteiger partial charge in [-0.05, 0) is 43.4 Å². The van der Waals surface area contributed by atoms with Gasteiger partial charge >= 0.3 is 11.7 Å². The van der Waals surface area contributed by atoms with E-state index in [9.17, 15) is 19.2 Å². The number of aryl methyl sites for hydroxylation is 1. The summed E-state index contributed by atoms with van der Waals surface area (Å²) in [5, 5.41) is 3.01. The Hall–Kier alpha value is -4.34. The standard InChI is InChI=1S/C29H33N5O5/c1-19-7-6-9-22(26(19)39-3)23-17-33(29(38)31(2)27(23)36)18-25(35)32-14-12-21(13-15-32)34-16-11-20-8-4-5-10-24(20)30-28(34)37/h4-10,17,21H,11-16,18H2,1-3H3,(H,30,37). The highest BCUT2D eigenvalue weighted by molar-refractivity contribution is 5.91. The van der Waals surface area contributed by atoms with E-state index in [1.54, 1.807) is 11.0 Å². The summed E-state index contributed by atoms with van der Waals surface area (Å²) < 4.78 is 7.83. The van der Waals surface area contributed by atoms with E-state index >= 15 is 0 Å². The average Bonchev–Trinajstić information content (AvgIpc) is 3.11. The number of hydrogen-bond acceptors (Lipinski definition) is 5. The van der Waals surface area contributed by atoms with Crippen LogP contribution in [-0.2, 0) is 24.8 Å². The second-order valence-corrected chi connectivity index (χ2v) is 10.1. The third kappa shape index (κ3) is 5.06. The summed E-state index contributed by atoms with van der Waals surface area (Å²) in [7, 11) is 2.95. The predicted octanol–water partition coefficient (Wildman–Crippen LogP) is 2.61. The number of methoxy groups -OCH3 is 1. The minimum atomic E-state index is -0.556. The molecule has 10 nitrogen and oxygen atoms in total.